The van der Waals surface area contributed by atoms with E-state index in [1.807, 2.05) is 0 Å². The van der Waals surface area contributed by atoms with Crippen LogP contribution in [-0.2, 0) is 0 Å². The summed E-state index contributed by atoms with van der Waals surface area (Å²) in [5.74, 6) is 1.52. The number of ketones is 1. The van der Waals surface area contributed by atoms with Crippen LogP contribution < -0.4 is 14.8 Å². The number of hydrogen-bond donors (Lipinski definition) is 1. The summed E-state index contributed by atoms with van der Waals surface area (Å²) in [6.45, 7) is 1.69. The van der Waals surface area contributed by atoms with Crippen LogP contribution in [0.1, 0.15) is 16.8 Å². The molecule has 4 heteroatoms. The summed E-state index contributed by atoms with van der Waals surface area (Å²) in [5, 5.41) is 3.20. The Hall–Kier alpha value is -1.55. The molecule has 1 aliphatic heterocycles. The minimum Gasteiger partial charge on any atom is -0.493 e. The van der Waals surface area contributed by atoms with Crippen molar-refractivity contribution in [2.75, 3.05) is 27.3 Å². The van der Waals surface area contributed by atoms with Crippen molar-refractivity contribution < 1.29 is 14.3 Å². The molecule has 1 unspecified atom stereocenters. The van der Waals surface area contributed by atoms with E-state index >= 15 is 0 Å². The largest absolute Gasteiger partial charge is 0.493 e. The number of carbonyl (C=O) groups is 1. The first-order chi connectivity index (χ1) is 8.26. The van der Waals surface area contributed by atoms with Crippen LogP contribution in [0.5, 0.6) is 11.5 Å². The minimum absolute atomic E-state index is 0.0908. The Balaban J connectivity index is 2.23. The average molecular weight is 235 g/mol. The maximum Gasteiger partial charge on any atom is 0.167 e. The van der Waals surface area contributed by atoms with E-state index in [1.165, 1.54) is 0 Å². The molecule has 1 saturated heterocycles. The first-order valence-electron chi connectivity index (χ1n) is 5.73. The van der Waals surface area contributed by atoms with Crippen molar-refractivity contribution in [1.82, 2.24) is 5.32 Å². The number of rotatable bonds is 4. The van der Waals surface area contributed by atoms with Crippen LogP contribution in [-0.4, -0.2) is 33.1 Å². The third-order valence-corrected chi connectivity index (χ3v) is 3.10. The van der Waals surface area contributed by atoms with Gasteiger partial charge in [0.1, 0.15) is 0 Å². The second-order valence-electron chi connectivity index (χ2n) is 4.12. The monoisotopic (exact) mass is 235 g/mol. The van der Waals surface area contributed by atoms with Crippen molar-refractivity contribution in [1.29, 1.82) is 0 Å². The SMILES string of the molecule is COc1ccc(C(=O)C2CCNC2)cc1OC. The lowest BCUT2D eigenvalue weighted by atomic mass is 9.97. The molecule has 1 heterocycles. The predicted molar refractivity (Wildman–Crippen MR) is 64.9 cm³/mol. The zero-order chi connectivity index (χ0) is 12.3. The second-order valence-corrected chi connectivity index (χ2v) is 4.12. The van der Waals surface area contributed by atoms with Crippen LogP contribution >= 0.6 is 0 Å². The van der Waals surface area contributed by atoms with E-state index in [0.717, 1.165) is 19.5 Å². The zero-order valence-corrected chi connectivity index (χ0v) is 10.2. The van der Waals surface area contributed by atoms with Crippen LogP contribution in [0, 0.1) is 5.92 Å². The van der Waals surface area contributed by atoms with Gasteiger partial charge in [-0.25, -0.2) is 0 Å². The summed E-state index contributed by atoms with van der Waals surface area (Å²) < 4.78 is 10.3. The molecule has 1 aromatic carbocycles. The highest BCUT2D eigenvalue weighted by Gasteiger charge is 2.24. The minimum atomic E-state index is 0.0908. The van der Waals surface area contributed by atoms with Crippen LogP contribution in [0.4, 0.5) is 0 Å². The van der Waals surface area contributed by atoms with Gasteiger partial charge in [-0.3, -0.25) is 4.79 Å². The van der Waals surface area contributed by atoms with Crippen LogP contribution in [0.15, 0.2) is 18.2 Å². The van der Waals surface area contributed by atoms with Crippen molar-refractivity contribution in [2.24, 2.45) is 5.92 Å². The summed E-state index contributed by atoms with van der Waals surface area (Å²) in [7, 11) is 3.16. The second kappa shape index (κ2) is 5.19. The molecule has 1 atom stereocenters. The summed E-state index contributed by atoms with van der Waals surface area (Å²) in [4.78, 5) is 12.2. The Morgan fingerprint density at radius 2 is 2.06 bits per heavy atom. The number of methoxy groups -OCH3 is 2. The van der Waals surface area contributed by atoms with Crippen molar-refractivity contribution in [3.05, 3.63) is 23.8 Å². The van der Waals surface area contributed by atoms with Gasteiger partial charge in [0.15, 0.2) is 17.3 Å². The van der Waals surface area contributed by atoms with Gasteiger partial charge in [0.25, 0.3) is 0 Å². The molecule has 17 heavy (non-hydrogen) atoms. The molecule has 0 radical (unpaired) electrons. The maximum atomic E-state index is 12.2. The van der Waals surface area contributed by atoms with Crippen molar-refractivity contribution >= 4 is 5.78 Å². The number of ether oxygens (including phenoxy) is 2. The van der Waals surface area contributed by atoms with Gasteiger partial charge in [-0.15, -0.1) is 0 Å². The molecular weight excluding hydrogens is 218 g/mol. The summed E-state index contributed by atoms with van der Waals surface area (Å²) >= 11 is 0. The smallest absolute Gasteiger partial charge is 0.167 e. The van der Waals surface area contributed by atoms with Crippen molar-refractivity contribution in [3.8, 4) is 11.5 Å². The molecule has 0 spiro atoms. The first kappa shape index (κ1) is 11.9. The van der Waals surface area contributed by atoms with Gasteiger partial charge < -0.3 is 14.8 Å². The lowest BCUT2D eigenvalue weighted by Gasteiger charge is -2.11. The summed E-state index contributed by atoms with van der Waals surface area (Å²) in [6, 6.07) is 5.32. The van der Waals surface area contributed by atoms with Gasteiger partial charge in [-0.2, -0.15) is 0 Å². The number of nitrogens with one attached hydrogen (secondary N) is 1. The van der Waals surface area contributed by atoms with Gasteiger partial charge in [0.2, 0.25) is 0 Å². The van der Waals surface area contributed by atoms with Crippen molar-refractivity contribution in [3.63, 3.8) is 0 Å². The Kier molecular flexibility index (Phi) is 3.64. The third-order valence-electron chi connectivity index (χ3n) is 3.10. The summed E-state index contributed by atoms with van der Waals surface area (Å²) in [6.07, 6.45) is 0.910. The lowest BCUT2D eigenvalue weighted by molar-refractivity contribution is 0.0930. The number of hydrogen-bond acceptors (Lipinski definition) is 4. The van der Waals surface area contributed by atoms with Crippen LogP contribution in [0.3, 0.4) is 0 Å². The van der Waals surface area contributed by atoms with Gasteiger partial charge >= 0.3 is 0 Å². The normalized spacial score (nSPS) is 19.1. The fourth-order valence-electron chi connectivity index (χ4n) is 2.10. The van der Waals surface area contributed by atoms with Gasteiger partial charge in [0, 0.05) is 18.0 Å². The van der Waals surface area contributed by atoms with E-state index in [9.17, 15) is 4.79 Å². The fourth-order valence-corrected chi connectivity index (χ4v) is 2.10. The molecule has 1 aromatic rings. The van der Waals surface area contributed by atoms with Gasteiger partial charge in [-0.05, 0) is 31.2 Å². The molecule has 2 rings (SSSR count). The highest BCUT2D eigenvalue weighted by molar-refractivity contribution is 5.98. The third kappa shape index (κ3) is 2.42. The Bertz CT molecular complexity index is 411. The fraction of sp³-hybridized carbons (Fsp3) is 0.462. The van der Waals surface area contributed by atoms with E-state index < -0.39 is 0 Å². The van der Waals surface area contributed by atoms with E-state index in [4.69, 9.17) is 9.47 Å². The van der Waals surface area contributed by atoms with Gasteiger partial charge in [-0.1, -0.05) is 0 Å². The predicted octanol–water partition coefficient (Wildman–Crippen LogP) is 1.50. The topological polar surface area (TPSA) is 47.6 Å². The lowest BCUT2D eigenvalue weighted by Crippen LogP contribution is -2.17. The molecule has 92 valence electrons. The highest BCUT2D eigenvalue weighted by Crippen LogP contribution is 2.29. The van der Waals surface area contributed by atoms with E-state index in [-0.39, 0.29) is 11.7 Å². The molecule has 4 nitrogen and oxygen atoms in total. The number of benzene rings is 1. The molecule has 1 N–H and O–H groups in total. The molecule has 0 bridgehead atoms. The Morgan fingerprint density at radius 3 is 2.65 bits per heavy atom. The number of carbonyl (C=O) groups excluding carboxylic acids is 1. The van der Waals surface area contributed by atoms with E-state index in [1.54, 1.807) is 32.4 Å². The highest BCUT2D eigenvalue weighted by atomic mass is 16.5. The molecule has 1 fully saturated rings. The van der Waals surface area contributed by atoms with Gasteiger partial charge in [0.05, 0.1) is 14.2 Å². The Labute approximate surface area is 101 Å². The van der Waals surface area contributed by atoms with Crippen molar-refractivity contribution in [2.45, 2.75) is 6.42 Å². The molecule has 0 amide bonds. The zero-order valence-electron chi connectivity index (χ0n) is 10.2. The standard InChI is InChI=1S/C13H17NO3/c1-16-11-4-3-9(7-12(11)17-2)13(15)10-5-6-14-8-10/h3-4,7,10,14H,5-6,8H2,1-2H3. The molecule has 1 aliphatic rings. The number of Topliss-reactive ketones (excluding diaryl/α,β-unsaturated/α-hetero) is 1. The van der Waals surface area contributed by atoms with Crippen LogP contribution in [0.2, 0.25) is 0 Å². The quantitative estimate of drug-likeness (QED) is 0.803. The van der Waals surface area contributed by atoms with E-state index in [0.29, 0.717) is 17.1 Å². The van der Waals surface area contributed by atoms with Crippen LogP contribution in [0.25, 0.3) is 0 Å². The average Bonchev–Trinajstić information content (AvgIpc) is 2.90. The molecule has 0 saturated carbocycles. The summed E-state index contributed by atoms with van der Waals surface area (Å²) in [5.41, 5.74) is 0.691. The van der Waals surface area contributed by atoms with E-state index in [2.05, 4.69) is 5.32 Å². The molecular formula is C13H17NO3. The molecule has 0 aromatic heterocycles. The molecule has 0 aliphatic carbocycles. The maximum absolute atomic E-state index is 12.2. The Morgan fingerprint density at radius 1 is 1.29 bits per heavy atom. The first-order valence-corrected chi connectivity index (χ1v) is 5.73.